The number of hydrogen-bond donors (Lipinski definition) is 1. The van der Waals surface area contributed by atoms with Crippen LogP contribution in [0, 0.1) is 17.1 Å². The SMILES string of the molecule is CC1C(=N)C1OC(=S)SCc1cccc(F)c1. The second kappa shape index (κ2) is 5.14. The minimum atomic E-state index is -0.243. The van der Waals surface area contributed by atoms with Crippen LogP contribution in [0.15, 0.2) is 24.3 Å². The number of nitrogens with one attached hydrogen (secondary N) is 1. The minimum Gasteiger partial charge on any atom is -0.468 e. The molecule has 1 aliphatic rings. The number of thiocarbonyl (C=S) groups is 1. The van der Waals surface area contributed by atoms with Gasteiger partial charge in [0, 0.05) is 11.7 Å². The largest absolute Gasteiger partial charge is 0.468 e. The van der Waals surface area contributed by atoms with E-state index >= 15 is 0 Å². The Hall–Kier alpha value is -0.940. The molecule has 1 saturated carbocycles. The van der Waals surface area contributed by atoms with Crippen LogP contribution in [0.5, 0.6) is 0 Å². The smallest absolute Gasteiger partial charge is 0.220 e. The van der Waals surface area contributed by atoms with Crippen LogP contribution in [0.3, 0.4) is 0 Å². The van der Waals surface area contributed by atoms with Crippen LogP contribution in [-0.4, -0.2) is 16.2 Å². The predicted octanol–water partition coefficient (Wildman–Crippen LogP) is 3.40. The Morgan fingerprint density at radius 3 is 2.88 bits per heavy atom. The Bertz CT molecular complexity index is 464. The zero-order chi connectivity index (χ0) is 12.4. The fraction of sp³-hybridized carbons (Fsp3) is 0.333. The second-order valence-electron chi connectivity index (χ2n) is 3.95. The van der Waals surface area contributed by atoms with E-state index < -0.39 is 0 Å². The molecular formula is C12H12FNOS2. The van der Waals surface area contributed by atoms with Gasteiger partial charge in [0.1, 0.15) is 11.9 Å². The van der Waals surface area contributed by atoms with Gasteiger partial charge in [-0.25, -0.2) is 4.39 Å². The van der Waals surface area contributed by atoms with E-state index in [0.29, 0.717) is 15.8 Å². The molecule has 17 heavy (non-hydrogen) atoms. The molecule has 2 unspecified atom stereocenters. The molecule has 0 spiro atoms. The molecule has 1 aromatic rings. The third-order valence-corrected chi connectivity index (χ3v) is 3.87. The molecule has 0 bridgehead atoms. The topological polar surface area (TPSA) is 33.1 Å². The normalized spacial score (nSPS) is 22.4. The molecule has 5 heteroatoms. The molecule has 1 aromatic carbocycles. The van der Waals surface area contributed by atoms with Crippen LogP contribution in [0.1, 0.15) is 12.5 Å². The van der Waals surface area contributed by atoms with E-state index in [0.717, 1.165) is 5.56 Å². The summed E-state index contributed by atoms with van der Waals surface area (Å²) in [7, 11) is 0. The monoisotopic (exact) mass is 269 g/mol. The summed E-state index contributed by atoms with van der Waals surface area (Å²) in [6, 6.07) is 6.42. The molecule has 2 rings (SSSR count). The summed E-state index contributed by atoms with van der Waals surface area (Å²) < 4.78 is 18.8. The van der Waals surface area contributed by atoms with E-state index in [-0.39, 0.29) is 17.8 Å². The maximum absolute atomic E-state index is 12.9. The standard InChI is InChI=1S/C12H12FNOS2/c1-7-10(14)11(7)15-12(16)17-6-8-3-2-4-9(13)5-8/h2-5,7,11,14H,6H2,1H3. The van der Waals surface area contributed by atoms with Crippen molar-refractivity contribution in [3.05, 3.63) is 35.6 Å². The van der Waals surface area contributed by atoms with E-state index in [9.17, 15) is 4.39 Å². The van der Waals surface area contributed by atoms with Crippen LogP contribution in [-0.2, 0) is 10.5 Å². The molecule has 0 heterocycles. The van der Waals surface area contributed by atoms with Crippen molar-refractivity contribution in [1.29, 1.82) is 5.41 Å². The Labute approximate surface area is 109 Å². The van der Waals surface area contributed by atoms with Crippen molar-refractivity contribution in [2.45, 2.75) is 18.8 Å². The van der Waals surface area contributed by atoms with Crippen molar-refractivity contribution < 1.29 is 9.13 Å². The molecule has 2 atom stereocenters. The van der Waals surface area contributed by atoms with Crippen LogP contribution in [0.4, 0.5) is 4.39 Å². The van der Waals surface area contributed by atoms with Gasteiger partial charge in [0.05, 0.1) is 5.71 Å². The fourth-order valence-electron chi connectivity index (χ4n) is 1.43. The number of thioether (sulfide) groups is 1. The zero-order valence-corrected chi connectivity index (χ0v) is 10.9. The average molecular weight is 269 g/mol. The lowest BCUT2D eigenvalue weighted by Gasteiger charge is -2.05. The van der Waals surface area contributed by atoms with Crippen molar-refractivity contribution >= 4 is 34.1 Å². The van der Waals surface area contributed by atoms with Crippen LogP contribution < -0.4 is 0 Å². The molecular weight excluding hydrogens is 257 g/mol. The number of rotatable bonds is 3. The van der Waals surface area contributed by atoms with Gasteiger partial charge in [-0.05, 0) is 29.9 Å². The third-order valence-electron chi connectivity index (χ3n) is 2.61. The van der Waals surface area contributed by atoms with E-state index in [1.807, 2.05) is 13.0 Å². The average Bonchev–Trinajstić information content (AvgIpc) is 2.85. The first-order valence-electron chi connectivity index (χ1n) is 5.24. The van der Waals surface area contributed by atoms with Gasteiger partial charge in [0.15, 0.2) is 0 Å². The Balaban J connectivity index is 1.78. The molecule has 1 aliphatic carbocycles. The number of benzene rings is 1. The van der Waals surface area contributed by atoms with Gasteiger partial charge >= 0.3 is 0 Å². The number of ether oxygens (including phenoxy) is 1. The van der Waals surface area contributed by atoms with Gasteiger partial charge in [-0.2, -0.15) is 0 Å². The van der Waals surface area contributed by atoms with Crippen LogP contribution in [0.25, 0.3) is 0 Å². The quantitative estimate of drug-likeness (QED) is 0.854. The van der Waals surface area contributed by atoms with Gasteiger partial charge in [-0.3, -0.25) is 0 Å². The van der Waals surface area contributed by atoms with E-state index in [1.165, 1.54) is 23.9 Å². The first-order valence-corrected chi connectivity index (χ1v) is 6.63. The van der Waals surface area contributed by atoms with Crippen molar-refractivity contribution in [3.8, 4) is 0 Å². The summed E-state index contributed by atoms with van der Waals surface area (Å²) in [6.45, 7) is 1.94. The van der Waals surface area contributed by atoms with E-state index in [4.69, 9.17) is 22.4 Å². The van der Waals surface area contributed by atoms with Crippen molar-refractivity contribution in [1.82, 2.24) is 0 Å². The van der Waals surface area contributed by atoms with Gasteiger partial charge in [0.25, 0.3) is 0 Å². The minimum absolute atomic E-state index is 0.137. The maximum atomic E-state index is 12.9. The molecule has 2 nitrogen and oxygen atoms in total. The molecule has 0 aliphatic heterocycles. The van der Waals surface area contributed by atoms with Gasteiger partial charge in [0.2, 0.25) is 4.38 Å². The third kappa shape index (κ3) is 3.26. The van der Waals surface area contributed by atoms with Gasteiger partial charge < -0.3 is 10.1 Å². The maximum Gasteiger partial charge on any atom is 0.220 e. The zero-order valence-electron chi connectivity index (χ0n) is 9.27. The highest BCUT2D eigenvalue weighted by atomic mass is 32.2. The Morgan fingerprint density at radius 2 is 2.29 bits per heavy atom. The van der Waals surface area contributed by atoms with Gasteiger partial charge in [-0.15, -0.1) is 0 Å². The van der Waals surface area contributed by atoms with Crippen molar-refractivity contribution in [2.24, 2.45) is 5.92 Å². The molecule has 0 radical (unpaired) electrons. The van der Waals surface area contributed by atoms with E-state index in [1.54, 1.807) is 6.07 Å². The summed E-state index contributed by atoms with van der Waals surface area (Å²) in [4.78, 5) is 0. The molecule has 0 saturated heterocycles. The van der Waals surface area contributed by atoms with E-state index in [2.05, 4.69) is 0 Å². The lowest BCUT2D eigenvalue weighted by Crippen LogP contribution is -2.02. The first-order chi connectivity index (χ1) is 8.08. The summed E-state index contributed by atoms with van der Waals surface area (Å²) in [5.74, 6) is 0.528. The molecule has 0 amide bonds. The molecule has 0 aromatic heterocycles. The summed E-state index contributed by atoms with van der Waals surface area (Å²) in [5.41, 5.74) is 1.47. The lowest BCUT2D eigenvalue weighted by molar-refractivity contribution is 0.303. The Morgan fingerprint density at radius 1 is 1.59 bits per heavy atom. The highest BCUT2D eigenvalue weighted by Gasteiger charge is 2.44. The second-order valence-corrected chi connectivity index (χ2v) is 5.53. The summed E-state index contributed by atoms with van der Waals surface area (Å²) in [5, 5.41) is 7.45. The van der Waals surface area contributed by atoms with Crippen molar-refractivity contribution in [3.63, 3.8) is 0 Å². The van der Waals surface area contributed by atoms with Crippen molar-refractivity contribution in [2.75, 3.05) is 0 Å². The highest BCUT2D eigenvalue weighted by molar-refractivity contribution is 8.22. The molecule has 90 valence electrons. The van der Waals surface area contributed by atoms with Crippen LogP contribution >= 0.6 is 24.0 Å². The number of halogens is 1. The first kappa shape index (κ1) is 12.5. The van der Waals surface area contributed by atoms with Gasteiger partial charge in [-0.1, -0.05) is 30.8 Å². The fourth-order valence-corrected chi connectivity index (χ4v) is 2.35. The summed E-state index contributed by atoms with van der Waals surface area (Å²) in [6.07, 6.45) is -0.137. The lowest BCUT2D eigenvalue weighted by atomic mass is 10.2. The molecule has 1 N–H and O–H groups in total. The number of hydrogen-bond acceptors (Lipinski definition) is 4. The summed E-state index contributed by atoms with van der Waals surface area (Å²) >= 11 is 6.42. The predicted molar refractivity (Wildman–Crippen MR) is 72.1 cm³/mol. The molecule has 1 fully saturated rings. The Kier molecular flexibility index (Phi) is 3.79. The van der Waals surface area contributed by atoms with Crippen LogP contribution in [0.2, 0.25) is 0 Å². The highest BCUT2D eigenvalue weighted by Crippen LogP contribution is 2.30.